The molecule has 1 saturated heterocycles. The van der Waals surface area contributed by atoms with Gasteiger partial charge in [-0.05, 0) is 38.0 Å². The standard InChI is InChI=1S/C15H31N3O3S/c1-4-16-15(18-14-6-8-22(20,21)11-14)17-10-13(5-7-19)9-12(2)3/h12-14,19H,4-11H2,1-3H3,(H2,16,17,18). The Morgan fingerprint density at radius 1 is 1.41 bits per heavy atom. The predicted molar refractivity (Wildman–Crippen MR) is 90.8 cm³/mol. The Bertz CT molecular complexity index is 449. The minimum absolute atomic E-state index is 0.0517. The lowest BCUT2D eigenvalue weighted by Crippen LogP contribution is -2.44. The SMILES string of the molecule is CCNC(=NCC(CCO)CC(C)C)NC1CCS(=O)(=O)C1. The summed E-state index contributed by atoms with van der Waals surface area (Å²) in [5, 5.41) is 15.5. The fraction of sp³-hybridized carbons (Fsp3) is 0.933. The molecule has 7 heteroatoms. The Morgan fingerprint density at radius 2 is 2.14 bits per heavy atom. The smallest absolute Gasteiger partial charge is 0.191 e. The van der Waals surface area contributed by atoms with E-state index < -0.39 is 9.84 Å². The molecule has 0 aliphatic carbocycles. The maximum Gasteiger partial charge on any atom is 0.191 e. The Balaban J connectivity index is 2.60. The molecule has 2 atom stereocenters. The number of sulfone groups is 1. The summed E-state index contributed by atoms with van der Waals surface area (Å²) in [5.41, 5.74) is 0. The molecule has 6 nitrogen and oxygen atoms in total. The van der Waals surface area contributed by atoms with Gasteiger partial charge in [0, 0.05) is 25.7 Å². The molecular formula is C15H31N3O3S. The van der Waals surface area contributed by atoms with Gasteiger partial charge in [-0.1, -0.05) is 13.8 Å². The van der Waals surface area contributed by atoms with E-state index in [-0.39, 0.29) is 24.2 Å². The fourth-order valence-electron chi connectivity index (χ4n) is 2.78. The van der Waals surface area contributed by atoms with Crippen LogP contribution in [0.5, 0.6) is 0 Å². The van der Waals surface area contributed by atoms with Gasteiger partial charge in [-0.2, -0.15) is 0 Å². The number of aliphatic hydroxyl groups is 1. The monoisotopic (exact) mass is 333 g/mol. The van der Waals surface area contributed by atoms with E-state index in [1.165, 1.54) is 0 Å². The number of aliphatic imine (C=N–C) groups is 1. The van der Waals surface area contributed by atoms with Crippen molar-refractivity contribution < 1.29 is 13.5 Å². The fourth-order valence-corrected chi connectivity index (χ4v) is 4.45. The number of guanidine groups is 1. The first-order chi connectivity index (χ1) is 10.4. The lowest BCUT2D eigenvalue weighted by atomic mass is 9.94. The largest absolute Gasteiger partial charge is 0.396 e. The molecule has 2 unspecified atom stereocenters. The summed E-state index contributed by atoms with van der Waals surface area (Å²) in [4.78, 5) is 4.59. The molecule has 1 fully saturated rings. The Labute approximate surface area is 134 Å². The van der Waals surface area contributed by atoms with E-state index in [1.807, 2.05) is 6.92 Å². The molecule has 0 radical (unpaired) electrons. The molecule has 1 aliphatic heterocycles. The van der Waals surface area contributed by atoms with Crippen LogP contribution in [0.15, 0.2) is 4.99 Å². The molecule has 1 rings (SSSR count). The van der Waals surface area contributed by atoms with Crippen molar-refractivity contribution in [1.82, 2.24) is 10.6 Å². The average molecular weight is 333 g/mol. The van der Waals surface area contributed by atoms with Crippen LogP contribution in [-0.4, -0.2) is 56.7 Å². The van der Waals surface area contributed by atoms with Gasteiger partial charge in [0.15, 0.2) is 15.8 Å². The molecule has 1 aliphatic rings. The second-order valence-corrected chi connectivity index (χ2v) is 8.70. The second-order valence-electron chi connectivity index (χ2n) is 6.47. The summed E-state index contributed by atoms with van der Waals surface area (Å²) in [5.74, 6) is 2.04. The molecule has 1 heterocycles. The minimum Gasteiger partial charge on any atom is -0.396 e. The highest BCUT2D eigenvalue weighted by molar-refractivity contribution is 7.91. The highest BCUT2D eigenvalue weighted by atomic mass is 32.2. The van der Waals surface area contributed by atoms with Crippen molar-refractivity contribution in [1.29, 1.82) is 0 Å². The van der Waals surface area contributed by atoms with Gasteiger partial charge in [0.25, 0.3) is 0 Å². The molecule has 0 aromatic carbocycles. The zero-order valence-corrected chi connectivity index (χ0v) is 14.8. The van der Waals surface area contributed by atoms with Gasteiger partial charge >= 0.3 is 0 Å². The third-order valence-electron chi connectivity index (χ3n) is 3.77. The first kappa shape index (κ1) is 19.2. The lowest BCUT2D eigenvalue weighted by molar-refractivity contribution is 0.245. The van der Waals surface area contributed by atoms with E-state index in [4.69, 9.17) is 5.11 Å². The first-order valence-corrected chi connectivity index (χ1v) is 10.0. The summed E-state index contributed by atoms with van der Waals surface area (Å²) < 4.78 is 23.0. The number of aliphatic hydroxyl groups excluding tert-OH is 1. The average Bonchev–Trinajstić information content (AvgIpc) is 2.75. The molecular weight excluding hydrogens is 302 g/mol. The van der Waals surface area contributed by atoms with Gasteiger partial charge in [-0.3, -0.25) is 4.99 Å². The second kappa shape index (κ2) is 9.35. The molecule has 0 spiro atoms. The number of hydrogen-bond acceptors (Lipinski definition) is 4. The molecule has 22 heavy (non-hydrogen) atoms. The van der Waals surface area contributed by atoms with Gasteiger partial charge in [-0.15, -0.1) is 0 Å². The van der Waals surface area contributed by atoms with Gasteiger partial charge in [-0.25, -0.2) is 8.42 Å². The van der Waals surface area contributed by atoms with Crippen LogP contribution in [0, 0.1) is 11.8 Å². The molecule has 0 aromatic heterocycles. The number of rotatable bonds is 8. The molecule has 0 amide bonds. The lowest BCUT2D eigenvalue weighted by Gasteiger charge is -2.19. The predicted octanol–water partition coefficient (Wildman–Crippen LogP) is 0.773. The van der Waals surface area contributed by atoms with E-state index in [2.05, 4.69) is 29.5 Å². The zero-order chi connectivity index (χ0) is 16.6. The third-order valence-corrected chi connectivity index (χ3v) is 5.54. The summed E-state index contributed by atoms with van der Waals surface area (Å²) in [6.45, 7) is 7.88. The molecule has 0 bridgehead atoms. The molecule has 130 valence electrons. The maximum absolute atomic E-state index is 11.5. The van der Waals surface area contributed by atoms with E-state index in [1.54, 1.807) is 0 Å². The van der Waals surface area contributed by atoms with Gasteiger partial charge in [0.2, 0.25) is 0 Å². The summed E-state index contributed by atoms with van der Waals surface area (Å²) >= 11 is 0. The summed E-state index contributed by atoms with van der Waals surface area (Å²) in [7, 11) is -2.89. The minimum atomic E-state index is -2.89. The molecule has 0 aromatic rings. The molecule has 3 N–H and O–H groups in total. The number of nitrogens with zero attached hydrogens (tertiary/aromatic N) is 1. The highest BCUT2D eigenvalue weighted by Gasteiger charge is 2.28. The normalized spacial score (nSPS) is 22.8. The van der Waals surface area contributed by atoms with Crippen LogP contribution in [0.2, 0.25) is 0 Å². The van der Waals surface area contributed by atoms with Crippen LogP contribution >= 0.6 is 0 Å². The van der Waals surface area contributed by atoms with Crippen molar-refractivity contribution in [2.24, 2.45) is 16.8 Å². The highest BCUT2D eigenvalue weighted by Crippen LogP contribution is 2.16. The van der Waals surface area contributed by atoms with Crippen molar-refractivity contribution in [2.75, 3.05) is 31.2 Å². The Kier molecular flexibility index (Phi) is 8.17. The summed E-state index contributed by atoms with van der Waals surface area (Å²) in [6, 6.07) is -0.0517. The van der Waals surface area contributed by atoms with Gasteiger partial charge < -0.3 is 15.7 Å². The maximum atomic E-state index is 11.5. The Hall–Kier alpha value is -0.820. The van der Waals surface area contributed by atoms with Crippen LogP contribution in [0.3, 0.4) is 0 Å². The Morgan fingerprint density at radius 3 is 2.64 bits per heavy atom. The van der Waals surface area contributed by atoms with Gasteiger partial charge in [0.1, 0.15) is 0 Å². The van der Waals surface area contributed by atoms with Crippen molar-refractivity contribution in [3.63, 3.8) is 0 Å². The van der Waals surface area contributed by atoms with E-state index in [9.17, 15) is 8.42 Å². The van der Waals surface area contributed by atoms with E-state index in [0.717, 1.165) is 19.4 Å². The number of nitrogens with one attached hydrogen (secondary N) is 2. The van der Waals surface area contributed by atoms with Crippen LogP contribution in [-0.2, 0) is 9.84 Å². The quantitative estimate of drug-likeness (QED) is 0.451. The van der Waals surface area contributed by atoms with Crippen molar-refractivity contribution in [2.45, 2.75) is 46.1 Å². The van der Waals surface area contributed by atoms with E-state index in [0.29, 0.717) is 30.8 Å². The topological polar surface area (TPSA) is 90.8 Å². The third kappa shape index (κ3) is 7.45. The first-order valence-electron chi connectivity index (χ1n) is 8.22. The van der Waals surface area contributed by atoms with Crippen molar-refractivity contribution >= 4 is 15.8 Å². The van der Waals surface area contributed by atoms with Crippen LogP contribution < -0.4 is 10.6 Å². The van der Waals surface area contributed by atoms with Crippen LogP contribution in [0.25, 0.3) is 0 Å². The van der Waals surface area contributed by atoms with Crippen LogP contribution in [0.1, 0.15) is 40.0 Å². The van der Waals surface area contributed by atoms with E-state index >= 15 is 0 Å². The van der Waals surface area contributed by atoms with Crippen molar-refractivity contribution in [3.8, 4) is 0 Å². The number of hydrogen-bond donors (Lipinski definition) is 3. The molecule has 0 saturated carbocycles. The zero-order valence-electron chi connectivity index (χ0n) is 14.0. The summed E-state index contributed by atoms with van der Waals surface area (Å²) in [6.07, 6.45) is 2.42. The van der Waals surface area contributed by atoms with Gasteiger partial charge in [0.05, 0.1) is 11.5 Å². The van der Waals surface area contributed by atoms with Crippen molar-refractivity contribution in [3.05, 3.63) is 0 Å². The van der Waals surface area contributed by atoms with Crippen LogP contribution in [0.4, 0.5) is 0 Å².